The number of aromatic nitrogens is 2. The van der Waals surface area contributed by atoms with Gasteiger partial charge in [0.1, 0.15) is 58.9 Å². The van der Waals surface area contributed by atoms with E-state index in [1.807, 2.05) is 86.5 Å². The number of nitrogens with zero attached hydrogens (tertiary/aromatic N) is 4. The van der Waals surface area contributed by atoms with Gasteiger partial charge in [0.05, 0.1) is 39.2 Å². The second-order valence-corrected chi connectivity index (χ2v) is 27.8. The zero-order valence-electron chi connectivity index (χ0n) is 51.1. The van der Waals surface area contributed by atoms with Gasteiger partial charge in [-0.1, -0.05) is 146 Å². The van der Waals surface area contributed by atoms with Crippen LogP contribution < -0.4 is 14.5 Å². The first kappa shape index (κ1) is 58.5. The van der Waals surface area contributed by atoms with Gasteiger partial charge < -0.3 is 14.5 Å². The summed E-state index contributed by atoms with van der Waals surface area (Å²) >= 11 is 0. The van der Waals surface area contributed by atoms with E-state index in [4.69, 9.17) is 9.72 Å². The Hall–Kier alpha value is -8.31. The van der Waals surface area contributed by atoms with Gasteiger partial charge in [-0.2, -0.15) is 0 Å². The van der Waals surface area contributed by atoms with Gasteiger partial charge in [-0.25, -0.2) is 31.3 Å². The van der Waals surface area contributed by atoms with Crippen molar-refractivity contribution in [3.63, 3.8) is 0 Å². The molecule has 11 rings (SSSR count). The van der Waals surface area contributed by atoms with Crippen LogP contribution in [0, 0.1) is 34.9 Å². The summed E-state index contributed by atoms with van der Waals surface area (Å²) in [5, 5.41) is 2.08. The lowest BCUT2D eigenvalue weighted by Gasteiger charge is -2.34. The molecule has 0 aliphatic carbocycles. The molecule has 0 atom stereocenters. The molecule has 0 bridgehead atoms. The Kier molecular flexibility index (Phi) is 14.3. The Balaban J connectivity index is 1.18. The van der Waals surface area contributed by atoms with Gasteiger partial charge >= 0.3 is 0 Å². The number of ether oxygens (including phenoxy) is 1. The fraction of sp³-hybridized carbons (Fsp3) is 0.284. The normalized spacial score (nSPS) is 13.4. The minimum absolute atomic E-state index is 0.0124. The number of halogens is 6. The van der Waals surface area contributed by atoms with Crippen LogP contribution in [0.3, 0.4) is 0 Å². The van der Waals surface area contributed by atoms with Crippen LogP contribution in [0.2, 0.25) is 0 Å². The van der Waals surface area contributed by atoms with Gasteiger partial charge in [-0.05, 0) is 133 Å². The number of hydrogen-bond acceptors (Lipinski definition) is 4. The lowest BCUT2D eigenvalue weighted by atomic mass is 9.71. The average Bonchev–Trinajstić information content (AvgIpc) is 2.32. The van der Waals surface area contributed by atoms with Crippen molar-refractivity contribution in [3.05, 3.63) is 215 Å². The number of anilines is 4. The number of fused-ring (bicyclic) bond motifs is 4. The fourth-order valence-electron chi connectivity index (χ4n) is 11.9. The number of hydrogen-bond donors (Lipinski definition) is 0. The van der Waals surface area contributed by atoms with Crippen molar-refractivity contribution in [2.75, 3.05) is 16.5 Å². The molecule has 1 aliphatic heterocycles. The van der Waals surface area contributed by atoms with Crippen molar-refractivity contribution in [1.82, 2.24) is 9.55 Å². The van der Waals surface area contributed by atoms with E-state index < -0.39 is 51.4 Å². The van der Waals surface area contributed by atoms with E-state index in [2.05, 4.69) is 142 Å². The summed E-state index contributed by atoms with van der Waals surface area (Å²) < 4.78 is 106. The summed E-state index contributed by atoms with van der Waals surface area (Å²) in [6, 6.07) is 42.4. The molecule has 2 aromatic heterocycles. The molecule has 0 unspecified atom stereocenters. The third-order valence-electron chi connectivity index (χ3n) is 16.4. The monoisotopic (exact) mass is 1150 g/mol. The van der Waals surface area contributed by atoms with Crippen molar-refractivity contribution in [3.8, 4) is 50.7 Å². The van der Waals surface area contributed by atoms with Crippen LogP contribution in [0.25, 0.3) is 61.0 Å². The molecule has 11 heteroatoms. The maximum Gasteiger partial charge on any atom is 0.137 e. The van der Waals surface area contributed by atoms with Crippen molar-refractivity contribution >= 4 is 44.6 Å². The first-order valence-corrected chi connectivity index (χ1v) is 28.9. The molecule has 0 amide bonds. The smallest absolute Gasteiger partial charge is 0.137 e. The molecular weight excluding hydrogens is 1070 g/mol. The highest BCUT2D eigenvalue weighted by molar-refractivity contribution is 6.09. The second kappa shape index (κ2) is 20.7. The highest BCUT2D eigenvalue weighted by atomic mass is 19.2. The van der Waals surface area contributed by atoms with Crippen molar-refractivity contribution in [1.29, 1.82) is 0 Å². The Bertz CT molecular complexity index is 4150. The molecule has 8 aromatic carbocycles. The molecule has 0 N–H and O–H groups in total. The molecule has 85 heavy (non-hydrogen) atoms. The SMILES string of the molecule is CC(C)(C)c1ccnc(-n2c3ccccc3c3ccc(Oc4cc(-c5c(C(C)(C)C)cc(C(C)(C)C)cc5C(C)(C)C)cc(N5CN(c6c(-c7c(F)cc(F)cc7F)cc(C(C)(C)C)cc6-c6c(F)cc(F)cc6F)c6ccccc65)c4)cc32)c1. The molecule has 0 spiro atoms. The van der Waals surface area contributed by atoms with Gasteiger partial charge in [0.25, 0.3) is 0 Å². The molecule has 0 radical (unpaired) electrons. The lowest BCUT2D eigenvalue weighted by molar-refractivity contribution is 0.483. The van der Waals surface area contributed by atoms with Crippen molar-refractivity contribution in [2.45, 2.75) is 131 Å². The van der Waals surface area contributed by atoms with Crippen molar-refractivity contribution < 1.29 is 31.1 Å². The molecule has 5 nitrogen and oxygen atoms in total. The first-order valence-electron chi connectivity index (χ1n) is 28.9. The number of rotatable bonds is 8. The minimum Gasteiger partial charge on any atom is -0.457 e. The van der Waals surface area contributed by atoms with Gasteiger partial charge in [0, 0.05) is 70.2 Å². The van der Waals surface area contributed by atoms with E-state index in [0.29, 0.717) is 58.4 Å². The number of para-hydroxylation sites is 3. The summed E-state index contributed by atoms with van der Waals surface area (Å²) in [4.78, 5) is 8.73. The third kappa shape index (κ3) is 10.8. The Labute approximate surface area is 495 Å². The van der Waals surface area contributed by atoms with E-state index in [1.54, 1.807) is 17.0 Å². The maximum absolute atomic E-state index is 16.6. The Morgan fingerprint density at radius 3 is 1.44 bits per heavy atom. The summed E-state index contributed by atoms with van der Waals surface area (Å²) in [7, 11) is 0. The topological polar surface area (TPSA) is 33.5 Å². The highest BCUT2D eigenvalue weighted by Crippen LogP contribution is 2.54. The molecule has 0 saturated heterocycles. The van der Waals surface area contributed by atoms with E-state index in [9.17, 15) is 8.78 Å². The fourth-order valence-corrected chi connectivity index (χ4v) is 11.9. The largest absolute Gasteiger partial charge is 0.457 e. The molecule has 436 valence electrons. The minimum atomic E-state index is -1.22. The predicted octanol–water partition coefficient (Wildman–Crippen LogP) is 21.5. The number of benzene rings is 8. The summed E-state index contributed by atoms with van der Waals surface area (Å²) in [5.74, 6) is -5.31. The van der Waals surface area contributed by atoms with Gasteiger partial charge in [0.15, 0.2) is 0 Å². The van der Waals surface area contributed by atoms with Crippen LogP contribution in [0.1, 0.15) is 132 Å². The van der Waals surface area contributed by atoms with Crippen LogP contribution >= 0.6 is 0 Å². The third-order valence-corrected chi connectivity index (χ3v) is 16.4. The summed E-state index contributed by atoms with van der Waals surface area (Å²) in [5.41, 5.74) is 7.51. The van der Waals surface area contributed by atoms with Crippen LogP contribution in [0.5, 0.6) is 11.5 Å². The zero-order valence-corrected chi connectivity index (χ0v) is 51.1. The molecular formula is C74H72F6N4O. The van der Waals surface area contributed by atoms with Crippen LogP contribution in [0.15, 0.2) is 152 Å². The van der Waals surface area contributed by atoms with Gasteiger partial charge in [-0.15, -0.1) is 0 Å². The summed E-state index contributed by atoms with van der Waals surface area (Å²) in [6.07, 6.45) is 1.86. The van der Waals surface area contributed by atoms with Crippen LogP contribution in [-0.4, -0.2) is 16.2 Å². The van der Waals surface area contributed by atoms with Crippen LogP contribution in [-0.2, 0) is 27.1 Å². The Morgan fingerprint density at radius 2 is 0.906 bits per heavy atom. The first-order chi connectivity index (χ1) is 39.8. The van der Waals surface area contributed by atoms with E-state index in [0.717, 1.165) is 55.4 Å². The van der Waals surface area contributed by atoms with E-state index >= 15 is 17.6 Å². The maximum atomic E-state index is 16.6. The second-order valence-electron chi connectivity index (χ2n) is 27.8. The molecule has 0 fully saturated rings. The van der Waals surface area contributed by atoms with Crippen molar-refractivity contribution in [2.24, 2.45) is 0 Å². The number of pyridine rings is 1. The zero-order chi connectivity index (χ0) is 61.2. The summed E-state index contributed by atoms with van der Waals surface area (Å²) in [6.45, 7) is 32.1. The molecule has 3 heterocycles. The average molecular weight is 1150 g/mol. The molecule has 10 aromatic rings. The van der Waals surface area contributed by atoms with Gasteiger partial charge in [0.2, 0.25) is 0 Å². The lowest BCUT2D eigenvalue weighted by Crippen LogP contribution is -2.26. The van der Waals surface area contributed by atoms with Gasteiger partial charge in [-0.3, -0.25) is 4.57 Å². The standard InChI is InChI=1S/C74H72F6N4O/c1-70(2,3)43-26-27-81-65(34-43)84-61-21-17-16-20-51(61)52-25-24-49(40-64(52)84)85-50-29-42(66-55(73(10,11)12)32-45(72(7,8)9)33-56(66)74(13,14)15)28-48(39-50)82-41-83(63-23-19-18-22-62(63)82)69-53(67-57(77)35-46(75)36-58(67)78)30-44(71(4,5)6)31-54(69)68-59(79)37-47(76)38-60(68)80/h16-40H,41H2,1-15H3. The molecule has 0 saturated carbocycles. The van der Waals surface area contributed by atoms with E-state index in [1.165, 1.54) is 5.56 Å². The highest BCUT2D eigenvalue weighted by Gasteiger charge is 2.37. The Morgan fingerprint density at radius 1 is 0.412 bits per heavy atom. The molecule has 1 aliphatic rings. The van der Waals surface area contributed by atoms with E-state index in [-0.39, 0.29) is 45.1 Å². The van der Waals surface area contributed by atoms with Crippen LogP contribution in [0.4, 0.5) is 49.1 Å². The predicted molar refractivity (Wildman–Crippen MR) is 337 cm³/mol. The quantitative estimate of drug-likeness (QED) is 0.142.